The van der Waals surface area contributed by atoms with Crippen LogP contribution in [-0.4, -0.2) is 46.7 Å². The van der Waals surface area contributed by atoms with Crippen molar-refractivity contribution in [3.8, 4) is 11.8 Å². The van der Waals surface area contributed by atoms with Crippen LogP contribution in [0, 0.1) is 11.8 Å². The van der Waals surface area contributed by atoms with Crippen LogP contribution in [0.2, 0.25) is 5.02 Å². The number of anilines is 1. The van der Waals surface area contributed by atoms with Gasteiger partial charge in [-0.3, -0.25) is 9.36 Å². The first kappa shape index (κ1) is 25.3. The molecule has 1 unspecified atom stereocenters. The molecule has 0 aliphatic carbocycles. The molecule has 7 nitrogen and oxygen atoms in total. The zero-order valence-corrected chi connectivity index (χ0v) is 21.8. The van der Waals surface area contributed by atoms with Gasteiger partial charge < -0.3 is 19.3 Å². The van der Waals surface area contributed by atoms with Crippen LogP contribution in [0.15, 0.2) is 62.5 Å². The van der Waals surface area contributed by atoms with Crippen molar-refractivity contribution in [2.45, 2.75) is 26.0 Å². The Hall–Kier alpha value is -2.83. The van der Waals surface area contributed by atoms with E-state index in [0.29, 0.717) is 45.0 Å². The average molecular weight is 559 g/mol. The highest BCUT2D eigenvalue weighted by atomic mass is 79.9. The molecule has 35 heavy (non-hydrogen) atoms. The molecule has 0 saturated carbocycles. The Morgan fingerprint density at radius 1 is 1.20 bits per heavy atom. The van der Waals surface area contributed by atoms with E-state index in [2.05, 4.69) is 46.5 Å². The summed E-state index contributed by atoms with van der Waals surface area (Å²) >= 11 is 10.0. The number of oxazole rings is 1. The largest absolute Gasteiger partial charge is 0.419 e. The summed E-state index contributed by atoms with van der Waals surface area (Å²) in [6.07, 6.45) is 2.83. The van der Waals surface area contributed by atoms with E-state index in [-0.39, 0.29) is 6.54 Å². The topological polar surface area (TPSA) is 78.9 Å². The molecule has 2 heterocycles. The molecule has 0 fully saturated rings. The SMILES string of the molecule is CCN(CC)CCN1C(=O)C(O)(c2ccccc2Cl)c2c(Br)cc(C#CCn3ccoc3=O)cc21. The van der Waals surface area contributed by atoms with Gasteiger partial charge in [-0.25, -0.2) is 4.79 Å². The van der Waals surface area contributed by atoms with Crippen molar-refractivity contribution in [3.05, 3.63) is 85.6 Å². The quantitative estimate of drug-likeness (QED) is 0.446. The average Bonchev–Trinajstić information content (AvgIpc) is 3.34. The maximum atomic E-state index is 13.8. The molecule has 9 heteroatoms. The number of rotatable bonds is 7. The maximum Gasteiger partial charge on any atom is 0.419 e. The molecule has 182 valence electrons. The fourth-order valence-corrected chi connectivity index (χ4v) is 5.30. The molecule has 0 bridgehead atoms. The van der Waals surface area contributed by atoms with Gasteiger partial charge in [0.2, 0.25) is 0 Å². The summed E-state index contributed by atoms with van der Waals surface area (Å²) < 4.78 is 6.65. The Morgan fingerprint density at radius 3 is 2.60 bits per heavy atom. The number of hydrogen-bond donors (Lipinski definition) is 1. The van der Waals surface area contributed by atoms with Gasteiger partial charge in [0, 0.05) is 45.5 Å². The number of fused-ring (bicyclic) bond motifs is 1. The number of benzene rings is 2. The van der Waals surface area contributed by atoms with Gasteiger partial charge >= 0.3 is 5.76 Å². The normalized spacial score (nSPS) is 17.0. The summed E-state index contributed by atoms with van der Waals surface area (Å²) in [4.78, 5) is 29.2. The first-order valence-electron chi connectivity index (χ1n) is 11.3. The number of aromatic nitrogens is 1. The number of carbonyl (C=O) groups is 1. The number of halogens is 2. The minimum Gasteiger partial charge on any atom is -0.416 e. The van der Waals surface area contributed by atoms with Crippen molar-refractivity contribution in [1.29, 1.82) is 0 Å². The van der Waals surface area contributed by atoms with E-state index in [9.17, 15) is 14.7 Å². The zero-order valence-electron chi connectivity index (χ0n) is 19.4. The van der Waals surface area contributed by atoms with Crippen molar-refractivity contribution in [2.24, 2.45) is 0 Å². The van der Waals surface area contributed by atoms with Gasteiger partial charge in [-0.05, 0) is 31.3 Å². The lowest BCUT2D eigenvalue weighted by Gasteiger charge is -2.26. The van der Waals surface area contributed by atoms with Gasteiger partial charge in [0.05, 0.1) is 12.2 Å². The van der Waals surface area contributed by atoms with Gasteiger partial charge in [-0.1, -0.05) is 71.4 Å². The van der Waals surface area contributed by atoms with Crippen LogP contribution < -0.4 is 10.7 Å². The van der Waals surface area contributed by atoms with E-state index in [4.69, 9.17) is 16.0 Å². The molecule has 0 saturated heterocycles. The van der Waals surface area contributed by atoms with E-state index in [1.54, 1.807) is 41.3 Å². The number of amides is 1. The minimum atomic E-state index is -1.94. The molecule has 4 rings (SSSR count). The van der Waals surface area contributed by atoms with Crippen molar-refractivity contribution in [3.63, 3.8) is 0 Å². The van der Waals surface area contributed by atoms with E-state index in [0.717, 1.165) is 13.1 Å². The molecule has 1 aromatic heterocycles. The lowest BCUT2D eigenvalue weighted by molar-refractivity contribution is -0.132. The molecular weight excluding hydrogens is 534 g/mol. The van der Waals surface area contributed by atoms with Gasteiger partial charge in [-0.15, -0.1) is 0 Å². The first-order chi connectivity index (χ1) is 16.8. The zero-order chi connectivity index (χ0) is 25.2. The van der Waals surface area contributed by atoms with Crippen molar-refractivity contribution < 1.29 is 14.3 Å². The van der Waals surface area contributed by atoms with Crippen molar-refractivity contribution in [1.82, 2.24) is 9.47 Å². The molecule has 1 N–H and O–H groups in total. The van der Waals surface area contributed by atoms with E-state index >= 15 is 0 Å². The number of nitrogens with zero attached hydrogens (tertiary/aromatic N) is 3. The van der Waals surface area contributed by atoms with E-state index < -0.39 is 17.3 Å². The Balaban J connectivity index is 1.79. The molecule has 2 aromatic carbocycles. The third-order valence-electron chi connectivity index (χ3n) is 6.20. The fraction of sp³-hybridized carbons (Fsp3) is 0.308. The molecule has 1 aliphatic heterocycles. The van der Waals surface area contributed by atoms with Gasteiger partial charge in [0.15, 0.2) is 5.60 Å². The molecule has 1 aliphatic rings. The lowest BCUT2D eigenvalue weighted by Crippen LogP contribution is -2.44. The summed E-state index contributed by atoms with van der Waals surface area (Å²) in [7, 11) is 0. The van der Waals surface area contributed by atoms with Gasteiger partial charge in [-0.2, -0.15) is 0 Å². The predicted molar refractivity (Wildman–Crippen MR) is 139 cm³/mol. The van der Waals surface area contributed by atoms with Gasteiger partial charge in [0.25, 0.3) is 5.91 Å². The number of aliphatic hydroxyl groups is 1. The molecule has 0 radical (unpaired) electrons. The molecular formula is C26H25BrClN3O4. The lowest BCUT2D eigenvalue weighted by atomic mass is 9.87. The third kappa shape index (κ3) is 4.69. The highest BCUT2D eigenvalue weighted by Gasteiger charge is 2.53. The number of carbonyl (C=O) groups excluding carboxylic acids is 1. The van der Waals surface area contributed by atoms with Crippen LogP contribution in [0.25, 0.3) is 0 Å². The standard InChI is InChI=1S/C26H25BrClN3O4/c1-3-29(4-2)12-13-31-22-17-18(8-7-11-30-14-15-35-25(30)33)16-20(27)23(22)26(34,24(31)32)19-9-5-6-10-21(19)28/h5-6,9-10,14-17,34H,3-4,11-13H2,1-2H3. The summed E-state index contributed by atoms with van der Waals surface area (Å²) in [5, 5.41) is 12.2. The predicted octanol–water partition coefficient (Wildman–Crippen LogP) is 3.83. The Labute approximate surface area is 217 Å². The van der Waals surface area contributed by atoms with Crippen molar-refractivity contribution in [2.75, 3.05) is 31.1 Å². The van der Waals surface area contributed by atoms with Crippen LogP contribution >= 0.6 is 27.5 Å². The molecule has 0 spiro atoms. The Morgan fingerprint density at radius 2 is 1.94 bits per heavy atom. The number of likely N-dealkylation sites (N-methyl/N-ethyl adjacent to an activating group) is 1. The van der Waals surface area contributed by atoms with Crippen LogP contribution in [0.3, 0.4) is 0 Å². The van der Waals surface area contributed by atoms with E-state index in [1.165, 1.54) is 17.0 Å². The monoisotopic (exact) mass is 557 g/mol. The smallest absolute Gasteiger partial charge is 0.416 e. The second kappa shape index (κ2) is 10.4. The van der Waals surface area contributed by atoms with Crippen molar-refractivity contribution >= 4 is 39.1 Å². The summed E-state index contributed by atoms with van der Waals surface area (Å²) in [5.41, 5.74) is 0.0371. The highest BCUT2D eigenvalue weighted by molar-refractivity contribution is 9.10. The summed E-state index contributed by atoms with van der Waals surface area (Å²) in [5.74, 6) is 5.07. The van der Waals surface area contributed by atoms with Gasteiger partial charge in [0.1, 0.15) is 6.26 Å². The van der Waals surface area contributed by atoms with E-state index in [1.807, 2.05) is 0 Å². The maximum absolute atomic E-state index is 13.8. The summed E-state index contributed by atoms with van der Waals surface area (Å²) in [6.45, 7) is 7.04. The number of hydrogen-bond acceptors (Lipinski definition) is 5. The summed E-state index contributed by atoms with van der Waals surface area (Å²) in [6, 6.07) is 10.4. The Kier molecular flexibility index (Phi) is 7.53. The van der Waals surface area contributed by atoms with Crippen LogP contribution in [0.5, 0.6) is 0 Å². The third-order valence-corrected chi connectivity index (χ3v) is 7.16. The van der Waals surface area contributed by atoms with Crippen LogP contribution in [0.4, 0.5) is 5.69 Å². The minimum absolute atomic E-state index is 0.165. The second-order valence-corrected chi connectivity index (χ2v) is 9.39. The fourth-order valence-electron chi connectivity index (χ4n) is 4.29. The molecule has 3 aromatic rings. The first-order valence-corrected chi connectivity index (χ1v) is 12.5. The second-order valence-electron chi connectivity index (χ2n) is 8.12. The molecule has 1 atom stereocenters. The molecule has 1 amide bonds. The Bertz CT molecular complexity index is 1370. The highest BCUT2D eigenvalue weighted by Crippen LogP contribution is 2.49. The van der Waals surface area contributed by atoms with Crippen LogP contribution in [0.1, 0.15) is 30.5 Å². The van der Waals surface area contributed by atoms with Crippen LogP contribution in [-0.2, 0) is 16.9 Å².